The molecule has 1 atom stereocenters. The highest BCUT2D eigenvalue weighted by Gasteiger charge is 2.12. The first-order valence-electron chi connectivity index (χ1n) is 4.36. The van der Waals surface area contributed by atoms with Gasteiger partial charge >= 0.3 is 0 Å². The van der Waals surface area contributed by atoms with Crippen LogP contribution in [-0.4, -0.2) is 20.4 Å². The second-order valence-corrected chi connectivity index (χ2v) is 4.22. The van der Waals surface area contributed by atoms with E-state index in [0.29, 0.717) is 11.2 Å². The molecule has 0 bridgehead atoms. The zero-order chi connectivity index (χ0) is 9.10. The van der Waals surface area contributed by atoms with Gasteiger partial charge in [0.15, 0.2) is 0 Å². The summed E-state index contributed by atoms with van der Waals surface area (Å²) < 4.78 is 0. The summed E-state index contributed by atoms with van der Waals surface area (Å²) >= 11 is 1.67. The number of allylic oxidation sites excluding steroid dienone is 1. The second kappa shape index (κ2) is 3.83. The summed E-state index contributed by atoms with van der Waals surface area (Å²) in [5.74, 6) is 0.391. The van der Waals surface area contributed by atoms with Crippen LogP contribution in [0.5, 0.6) is 0 Å². The Morgan fingerprint density at radius 2 is 2.54 bits per heavy atom. The molecule has 70 valence electrons. The lowest BCUT2D eigenvalue weighted by atomic mass is 10.1. The van der Waals surface area contributed by atoms with Crippen molar-refractivity contribution in [3.05, 3.63) is 12.2 Å². The number of anilines is 1. The van der Waals surface area contributed by atoms with Crippen LogP contribution in [0.4, 0.5) is 5.95 Å². The van der Waals surface area contributed by atoms with E-state index < -0.39 is 0 Å². The van der Waals surface area contributed by atoms with Crippen LogP contribution in [0.15, 0.2) is 17.3 Å². The summed E-state index contributed by atoms with van der Waals surface area (Å²) in [4.78, 5) is 4.04. The van der Waals surface area contributed by atoms with E-state index in [4.69, 9.17) is 5.73 Å². The van der Waals surface area contributed by atoms with E-state index in [1.165, 1.54) is 19.3 Å². The van der Waals surface area contributed by atoms with Gasteiger partial charge in [-0.15, -0.1) is 5.10 Å². The molecule has 1 unspecified atom stereocenters. The summed E-state index contributed by atoms with van der Waals surface area (Å²) in [5, 5.41) is 7.87. The minimum absolute atomic E-state index is 0.391. The maximum absolute atomic E-state index is 5.42. The fourth-order valence-electron chi connectivity index (χ4n) is 1.33. The lowest BCUT2D eigenvalue weighted by Gasteiger charge is -2.12. The zero-order valence-corrected chi connectivity index (χ0v) is 8.05. The van der Waals surface area contributed by atoms with Gasteiger partial charge in [0.1, 0.15) is 0 Å². The molecule has 0 spiro atoms. The van der Waals surface area contributed by atoms with Gasteiger partial charge in [0.25, 0.3) is 0 Å². The van der Waals surface area contributed by atoms with Crippen LogP contribution >= 0.6 is 11.8 Å². The molecule has 1 aliphatic carbocycles. The molecule has 2 rings (SSSR count). The van der Waals surface area contributed by atoms with E-state index in [-0.39, 0.29) is 0 Å². The van der Waals surface area contributed by atoms with Crippen molar-refractivity contribution in [3.8, 4) is 0 Å². The highest BCUT2D eigenvalue weighted by molar-refractivity contribution is 7.99. The van der Waals surface area contributed by atoms with Gasteiger partial charge in [-0.2, -0.15) is 4.98 Å². The zero-order valence-electron chi connectivity index (χ0n) is 7.23. The number of aromatic nitrogens is 3. The van der Waals surface area contributed by atoms with Gasteiger partial charge in [0.05, 0.1) is 0 Å². The Balaban J connectivity index is 1.97. The molecule has 1 heterocycles. The Morgan fingerprint density at radius 3 is 3.15 bits per heavy atom. The van der Waals surface area contributed by atoms with Crippen molar-refractivity contribution < 1.29 is 0 Å². The molecule has 0 saturated heterocycles. The minimum Gasteiger partial charge on any atom is -0.368 e. The van der Waals surface area contributed by atoms with Crippen LogP contribution < -0.4 is 5.73 Å². The van der Waals surface area contributed by atoms with E-state index in [1.807, 2.05) is 0 Å². The van der Waals surface area contributed by atoms with Gasteiger partial charge in [-0.25, -0.2) is 5.10 Å². The molecule has 1 aliphatic rings. The van der Waals surface area contributed by atoms with E-state index in [0.717, 1.165) is 5.16 Å². The fourth-order valence-corrected chi connectivity index (χ4v) is 2.32. The first-order valence-corrected chi connectivity index (χ1v) is 5.24. The smallest absolute Gasteiger partial charge is 0.216 e. The van der Waals surface area contributed by atoms with Gasteiger partial charge in [0, 0.05) is 5.25 Å². The van der Waals surface area contributed by atoms with E-state index >= 15 is 0 Å². The Bertz CT molecular complexity index is 307. The molecule has 0 aliphatic heterocycles. The van der Waals surface area contributed by atoms with Crippen molar-refractivity contribution in [2.45, 2.75) is 29.7 Å². The fraction of sp³-hybridized carbons (Fsp3) is 0.500. The van der Waals surface area contributed by atoms with Gasteiger partial charge in [-0.1, -0.05) is 23.9 Å². The van der Waals surface area contributed by atoms with Crippen LogP contribution in [0.3, 0.4) is 0 Å². The highest BCUT2D eigenvalue weighted by Crippen LogP contribution is 2.27. The third kappa shape index (κ3) is 2.24. The summed E-state index contributed by atoms with van der Waals surface area (Å²) in [6, 6.07) is 0. The van der Waals surface area contributed by atoms with Crippen molar-refractivity contribution in [1.29, 1.82) is 0 Å². The molecule has 0 amide bonds. The van der Waals surface area contributed by atoms with Gasteiger partial charge in [-0.3, -0.25) is 0 Å². The summed E-state index contributed by atoms with van der Waals surface area (Å²) in [5.41, 5.74) is 5.42. The number of aromatic amines is 1. The maximum atomic E-state index is 5.42. The van der Waals surface area contributed by atoms with Crippen molar-refractivity contribution >= 4 is 17.7 Å². The van der Waals surface area contributed by atoms with Gasteiger partial charge < -0.3 is 5.73 Å². The van der Waals surface area contributed by atoms with E-state index in [9.17, 15) is 0 Å². The van der Waals surface area contributed by atoms with E-state index in [2.05, 4.69) is 27.3 Å². The van der Waals surface area contributed by atoms with Crippen LogP contribution in [0.25, 0.3) is 0 Å². The van der Waals surface area contributed by atoms with Crippen LogP contribution in [-0.2, 0) is 0 Å². The topological polar surface area (TPSA) is 67.6 Å². The Kier molecular flexibility index (Phi) is 2.54. The third-order valence-corrected chi connectivity index (χ3v) is 3.04. The van der Waals surface area contributed by atoms with Crippen molar-refractivity contribution in [3.63, 3.8) is 0 Å². The van der Waals surface area contributed by atoms with Crippen LogP contribution in [0.1, 0.15) is 19.3 Å². The van der Waals surface area contributed by atoms with Crippen LogP contribution in [0, 0.1) is 0 Å². The molecule has 4 nitrogen and oxygen atoms in total. The molecule has 0 aromatic carbocycles. The number of hydrogen-bond acceptors (Lipinski definition) is 4. The number of nitrogen functional groups attached to an aromatic ring is 1. The number of H-pyrrole nitrogens is 1. The monoisotopic (exact) mass is 196 g/mol. The predicted octanol–water partition coefficient (Wildman–Crippen LogP) is 1.59. The Labute approximate surface area is 81.0 Å². The molecule has 0 radical (unpaired) electrons. The number of thioether (sulfide) groups is 1. The normalized spacial score (nSPS) is 22.0. The predicted molar refractivity (Wildman–Crippen MR) is 53.4 cm³/mol. The SMILES string of the molecule is Nc1nc(SC2C=CCCC2)n[nH]1. The molecular weight excluding hydrogens is 184 g/mol. The quantitative estimate of drug-likeness (QED) is 0.705. The third-order valence-electron chi connectivity index (χ3n) is 1.95. The van der Waals surface area contributed by atoms with Gasteiger partial charge in [-0.05, 0) is 19.3 Å². The lowest BCUT2D eigenvalue weighted by molar-refractivity contribution is 0.739. The second-order valence-electron chi connectivity index (χ2n) is 3.02. The largest absolute Gasteiger partial charge is 0.368 e. The Morgan fingerprint density at radius 1 is 1.62 bits per heavy atom. The first-order chi connectivity index (χ1) is 6.34. The summed E-state index contributed by atoms with van der Waals surface area (Å²) in [6.07, 6.45) is 8.11. The number of hydrogen-bond donors (Lipinski definition) is 2. The number of nitrogens with one attached hydrogen (secondary N) is 1. The van der Waals surface area contributed by atoms with Gasteiger partial charge in [0.2, 0.25) is 11.1 Å². The molecule has 13 heavy (non-hydrogen) atoms. The minimum atomic E-state index is 0.391. The van der Waals surface area contributed by atoms with Crippen molar-refractivity contribution in [1.82, 2.24) is 15.2 Å². The molecule has 0 fully saturated rings. The summed E-state index contributed by atoms with van der Waals surface area (Å²) in [6.45, 7) is 0. The maximum Gasteiger partial charge on any atom is 0.216 e. The van der Waals surface area contributed by atoms with Crippen molar-refractivity contribution in [2.75, 3.05) is 5.73 Å². The van der Waals surface area contributed by atoms with Crippen molar-refractivity contribution in [2.24, 2.45) is 0 Å². The number of rotatable bonds is 2. The molecule has 1 aromatic heterocycles. The number of nitrogens with zero attached hydrogens (tertiary/aromatic N) is 2. The standard InChI is InChI=1S/C8H12N4S/c9-7-10-8(12-11-7)13-6-4-2-1-3-5-6/h2,4,6H,1,3,5H2,(H3,9,10,11,12). The Hall–Kier alpha value is -0.970. The molecule has 3 N–H and O–H groups in total. The van der Waals surface area contributed by atoms with Crippen LogP contribution in [0.2, 0.25) is 0 Å². The summed E-state index contributed by atoms with van der Waals surface area (Å²) in [7, 11) is 0. The molecule has 1 aromatic rings. The van der Waals surface area contributed by atoms with E-state index in [1.54, 1.807) is 11.8 Å². The molecule has 5 heteroatoms. The average Bonchev–Trinajstić information content (AvgIpc) is 2.53. The average molecular weight is 196 g/mol. The molecule has 0 saturated carbocycles. The lowest BCUT2D eigenvalue weighted by Crippen LogP contribution is -2.02. The molecular formula is C8H12N4S. The highest BCUT2D eigenvalue weighted by atomic mass is 32.2. The first kappa shape index (κ1) is 8.62. The number of nitrogens with two attached hydrogens (primary N) is 1.